The minimum Gasteiger partial charge on any atom is -0.490 e. The molecule has 0 spiro atoms. The van der Waals surface area contributed by atoms with Crippen LogP contribution in [0.25, 0.3) is 43.7 Å². The maximum atomic E-state index is 16.1. The van der Waals surface area contributed by atoms with Gasteiger partial charge in [0.25, 0.3) is 5.91 Å². The number of carbonyl (C=O) groups excluding carboxylic acids is 2. The summed E-state index contributed by atoms with van der Waals surface area (Å²) in [6, 6.07) is 11.5. The van der Waals surface area contributed by atoms with Gasteiger partial charge < -0.3 is 19.3 Å². The van der Waals surface area contributed by atoms with Crippen LogP contribution >= 0.6 is 11.3 Å². The van der Waals surface area contributed by atoms with Crippen LogP contribution in [0.4, 0.5) is 8.78 Å². The molecule has 47 heavy (non-hydrogen) atoms. The first-order chi connectivity index (χ1) is 22.8. The molecule has 0 atom stereocenters. The summed E-state index contributed by atoms with van der Waals surface area (Å²) in [6.45, 7) is 5.28. The van der Waals surface area contributed by atoms with Crippen LogP contribution in [0.3, 0.4) is 0 Å². The van der Waals surface area contributed by atoms with Crippen molar-refractivity contribution in [3.05, 3.63) is 101 Å². The van der Waals surface area contributed by atoms with E-state index in [-0.39, 0.29) is 36.3 Å². The number of thiophene rings is 1. The van der Waals surface area contributed by atoms with Crippen LogP contribution in [-0.2, 0) is 29.0 Å². The Morgan fingerprint density at radius 1 is 1.04 bits per heavy atom. The zero-order valence-electron chi connectivity index (χ0n) is 25.8. The van der Waals surface area contributed by atoms with Crippen molar-refractivity contribution in [2.24, 2.45) is 0 Å². The molecule has 7 rings (SSSR count). The Bertz CT molecular complexity index is 2100. The Balaban J connectivity index is 1.48. The van der Waals surface area contributed by atoms with E-state index in [0.29, 0.717) is 54.1 Å². The molecule has 5 aromatic rings. The molecule has 11 heteroatoms. The van der Waals surface area contributed by atoms with E-state index in [1.165, 1.54) is 30.6 Å². The van der Waals surface area contributed by atoms with Crippen LogP contribution in [0.15, 0.2) is 66.7 Å². The smallest absolute Gasteiger partial charge is 0.254 e. The average molecular weight is 653 g/mol. The minimum atomic E-state index is -0.796. The van der Waals surface area contributed by atoms with Crippen LogP contribution in [0.1, 0.15) is 27.2 Å². The zero-order valence-corrected chi connectivity index (χ0v) is 26.6. The molecule has 0 N–H and O–H groups in total. The van der Waals surface area contributed by atoms with Gasteiger partial charge in [0.15, 0.2) is 0 Å². The molecule has 0 saturated heterocycles. The number of pyridine rings is 2. The summed E-state index contributed by atoms with van der Waals surface area (Å²) in [7, 11) is 3.28. The van der Waals surface area contributed by atoms with Gasteiger partial charge in [-0.15, -0.1) is 11.3 Å². The van der Waals surface area contributed by atoms with Crippen molar-refractivity contribution in [2.75, 3.05) is 33.9 Å². The SMILES string of the molecule is C=CC(=O)N1CCc2ncc(-c3nc(-c4ccc5c(c4)CN(C)C5=O)c4ccsc4c3-c3c(F)cc(F)cc3OCCOC)cc2C1. The second-order valence-electron chi connectivity index (χ2n) is 11.5. The van der Waals surface area contributed by atoms with Crippen molar-refractivity contribution in [1.29, 1.82) is 0 Å². The number of methoxy groups -OCH3 is 1. The lowest BCUT2D eigenvalue weighted by Gasteiger charge is -2.27. The molecule has 8 nitrogen and oxygen atoms in total. The predicted molar refractivity (Wildman–Crippen MR) is 176 cm³/mol. The summed E-state index contributed by atoms with van der Waals surface area (Å²) in [6.07, 6.45) is 3.59. The second kappa shape index (κ2) is 12.3. The van der Waals surface area contributed by atoms with Gasteiger partial charge in [0.05, 0.1) is 23.6 Å². The lowest BCUT2D eigenvalue weighted by Crippen LogP contribution is -2.35. The predicted octanol–water partition coefficient (Wildman–Crippen LogP) is 6.65. The number of aromatic nitrogens is 2. The van der Waals surface area contributed by atoms with Gasteiger partial charge in [-0.25, -0.2) is 13.8 Å². The highest BCUT2D eigenvalue weighted by molar-refractivity contribution is 7.18. The Morgan fingerprint density at radius 3 is 2.68 bits per heavy atom. The molecule has 0 aliphatic carbocycles. The molecule has 3 aromatic heterocycles. The standard InChI is InChI=1S/C36H30F2N4O4S/c1-4-30(43)42-9-7-28-23(19-42)14-21(17-39-28)34-32(31-27(38)15-24(37)16-29(31)46-11-10-45-3)35-26(8-12-47-35)33(40-34)20-5-6-25-22(13-20)18-41(2)36(25)44/h4-6,8,12-17H,1,7,9-11,18-19H2,2-3H3. The average Bonchev–Trinajstić information content (AvgIpc) is 3.67. The maximum Gasteiger partial charge on any atom is 0.254 e. The second-order valence-corrected chi connectivity index (χ2v) is 12.4. The lowest BCUT2D eigenvalue weighted by molar-refractivity contribution is -0.126. The van der Waals surface area contributed by atoms with Gasteiger partial charge >= 0.3 is 0 Å². The molecule has 0 bridgehead atoms. The summed E-state index contributed by atoms with van der Waals surface area (Å²) in [5, 5.41) is 2.68. The van der Waals surface area contributed by atoms with Crippen LogP contribution in [0.5, 0.6) is 5.75 Å². The number of hydrogen-bond donors (Lipinski definition) is 0. The van der Waals surface area contributed by atoms with E-state index in [1.54, 1.807) is 23.0 Å². The molecule has 0 fully saturated rings. The van der Waals surface area contributed by atoms with Crippen LogP contribution in [-0.4, -0.2) is 65.5 Å². The topological polar surface area (TPSA) is 84.9 Å². The molecular formula is C36H30F2N4O4S. The largest absolute Gasteiger partial charge is 0.490 e. The van der Waals surface area contributed by atoms with Crippen molar-refractivity contribution in [3.63, 3.8) is 0 Å². The fourth-order valence-corrected chi connectivity index (χ4v) is 7.26. The maximum absolute atomic E-state index is 16.1. The van der Waals surface area contributed by atoms with Gasteiger partial charge in [0.2, 0.25) is 5.91 Å². The van der Waals surface area contributed by atoms with Crippen molar-refractivity contribution in [3.8, 4) is 39.4 Å². The van der Waals surface area contributed by atoms with E-state index in [0.717, 1.165) is 38.5 Å². The van der Waals surface area contributed by atoms with Gasteiger partial charge in [0, 0.05) is 96.6 Å². The van der Waals surface area contributed by atoms with Crippen molar-refractivity contribution in [1.82, 2.24) is 19.8 Å². The zero-order chi connectivity index (χ0) is 32.8. The van der Waals surface area contributed by atoms with Gasteiger partial charge in [-0.1, -0.05) is 12.6 Å². The Hall–Kier alpha value is -5.00. The minimum absolute atomic E-state index is 0.0257. The third kappa shape index (κ3) is 5.45. The van der Waals surface area contributed by atoms with Gasteiger partial charge in [-0.2, -0.15) is 0 Å². The Labute approximate surface area is 273 Å². The number of benzene rings is 2. The molecule has 0 unspecified atom stereocenters. The van der Waals surface area contributed by atoms with E-state index in [2.05, 4.69) is 6.58 Å². The monoisotopic (exact) mass is 652 g/mol. The number of fused-ring (bicyclic) bond motifs is 3. The van der Waals surface area contributed by atoms with Crippen molar-refractivity contribution < 1.29 is 27.8 Å². The molecule has 2 aromatic carbocycles. The number of halogens is 2. The van der Waals surface area contributed by atoms with Crippen molar-refractivity contribution in [2.45, 2.75) is 19.5 Å². The molecule has 2 aliphatic heterocycles. The number of ether oxygens (including phenoxy) is 2. The number of amides is 2. The Morgan fingerprint density at radius 2 is 1.87 bits per heavy atom. The summed E-state index contributed by atoms with van der Waals surface area (Å²) in [5.74, 6) is -1.75. The molecule has 0 radical (unpaired) electrons. The quantitative estimate of drug-likeness (QED) is 0.138. The highest BCUT2D eigenvalue weighted by Gasteiger charge is 2.29. The van der Waals surface area contributed by atoms with E-state index >= 15 is 4.39 Å². The summed E-state index contributed by atoms with van der Waals surface area (Å²) in [4.78, 5) is 38.4. The number of hydrogen-bond acceptors (Lipinski definition) is 7. The van der Waals surface area contributed by atoms with Gasteiger partial charge in [0.1, 0.15) is 24.0 Å². The molecule has 2 amide bonds. The normalized spacial score (nSPS) is 14.0. The summed E-state index contributed by atoms with van der Waals surface area (Å²) < 4.78 is 42.4. The first-order valence-electron chi connectivity index (χ1n) is 15.1. The van der Waals surface area contributed by atoms with E-state index in [9.17, 15) is 14.0 Å². The lowest BCUT2D eigenvalue weighted by atomic mass is 9.93. The van der Waals surface area contributed by atoms with Crippen LogP contribution < -0.4 is 4.74 Å². The number of nitrogens with zero attached hydrogens (tertiary/aromatic N) is 4. The molecule has 0 saturated carbocycles. The van der Waals surface area contributed by atoms with Crippen LogP contribution in [0.2, 0.25) is 0 Å². The highest BCUT2D eigenvalue weighted by Crippen LogP contribution is 2.47. The molecule has 5 heterocycles. The highest BCUT2D eigenvalue weighted by atomic mass is 32.1. The molecular weight excluding hydrogens is 622 g/mol. The van der Waals surface area contributed by atoms with E-state index in [1.807, 2.05) is 35.7 Å². The third-order valence-corrected chi connectivity index (χ3v) is 9.52. The van der Waals surface area contributed by atoms with E-state index < -0.39 is 11.6 Å². The molecule has 238 valence electrons. The number of carbonyl (C=O) groups is 2. The Kier molecular flexibility index (Phi) is 8.03. The summed E-state index contributed by atoms with van der Waals surface area (Å²) >= 11 is 1.41. The fraction of sp³-hybridized carbons (Fsp3) is 0.222. The summed E-state index contributed by atoms with van der Waals surface area (Å²) in [5.41, 5.74) is 6.25. The van der Waals surface area contributed by atoms with Crippen molar-refractivity contribution >= 4 is 33.2 Å². The third-order valence-electron chi connectivity index (χ3n) is 8.58. The molecule has 2 aliphatic rings. The van der Waals surface area contributed by atoms with Gasteiger partial charge in [-0.3, -0.25) is 14.6 Å². The van der Waals surface area contributed by atoms with E-state index in [4.69, 9.17) is 19.4 Å². The number of rotatable bonds is 8. The first kappa shape index (κ1) is 30.6. The van der Waals surface area contributed by atoms with Gasteiger partial charge in [-0.05, 0) is 46.8 Å². The fourth-order valence-electron chi connectivity index (χ4n) is 6.31. The van der Waals surface area contributed by atoms with Crippen LogP contribution in [0, 0.1) is 11.6 Å². The first-order valence-corrected chi connectivity index (χ1v) is 16.0.